The van der Waals surface area contributed by atoms with Crippen molar-refractivity contribution in [3.63, 3.8) is 0 Å². The average Bonchev–Trinajstić information content (AvgIpc) is 3.18. The number of carbonyl (C=O) groups is 1. The number of hydrogen-bond acceptors (Lipinski definition) is 2. The Balaban J connectivity index is 1.42. The van der Waals surface area contributed by atoms with Crippen molar-refractivity contribution >= 4 is 34.1 Å². The Morgan fingerprint density at radius 2 is 1.59 bits per heavy atom. The first kappa shape index (κ1) is 20.6. The first-order valence-electron chi connectivity index (χ1n) is 10.7. The van der Waals surface area contributed by atoms with Crippen molar-refractivity contribution in [2.45, 2.75) is 6.54 Å². The van der Waals surface area contributed by atoms with E-state index in [4.69, 9.17) is 11.6 Å². The van der Waals surface area contributed by atoms with Crippen LogP contribution in [0.15, 0.2) is 78.9 Å². The van der Waals surface area contributed by atoms with Gasteiger partial charge in [0.2, 0.25) is 0 Å². The second-order valence-electron chi connectivity index (χ2n) is 8.06. The Hall–Kier alpha value is -3.31. The number of benzene rings is 3. The summed E-state index contributed by atoms with van der Waals surface area (Å²) in [5.74, 6) is -0.266. The number of hydrogen-bond donors (Lipinski definition) is 0. The van der Waals surface area contributed by atoms with Crippen molar-refractivity contribution < 1.29 is 9.18 Å². The second-order valence-corrected chi connectivity index (χ2v) is 8.50. The standard InChI is InChI=1S/C26H23ClFN3O/c27-21-8-11-24-20(16-21)17-25(31(24)18-19-6-9-22(28)10-7-19)26(32)30-14-12-29(13-15-30)23-4-2-1-3-5-23/h1-11,16-17H,12-15,18H2. The van der Waals surface area contributed by atoms with Gasteiger partial charge in [-0.1, -0.05) is 41.9 Å². The van der Waals surface area contributed by atoms with E-state index in [-0.39, 0.29) is 11.7 Å². The van der Waals surface area contributed by atoms with E-state index in [0.717, 1.165) is 29.6 Å². The first-order valence-corrected chi connectivity index (χ1v) is 11.1. The summed E-state index contributed by atoms with van der Waals surface area (Å²) in [4.78, 5) is 17.8. The molecule has 1 aliphatic rings. The van der Waals surface area contributed by atoms with Crippen molar-refractivity contribution in [1.29, 1.82) is 0 Å². The predicted octanol–water partition coefficient (Wildman–Crippen LogP) is 5.44. The van der Waals surface area contributed by atoms with Crippen LogP contribution in [0, 0.1) is 5.82 Å². The van der Waals surface area contributed by atoms with Gasteiger partial charge in [0.25, 0.3) is 5.91 Å². The lowest BCUT2D eigenvalue weighted by atomic mass is 10.2. The molecule has 0 bridgehead atoms. The molecule has 1 aliphatic heterocycles. The summed E-state index contributed by atoms with van der Waals surface area (Å²) in [6, 6.07) is 24.2. The molecule has 6 heteroatoms. The lowest BCUT2D eigenvalue weighted by Crippen LogP contribution is -2.49. The highest BCUT2D eigenvalue weighted by molar-refractivity contribution is 6.31. The minimum atomic E-state index is -0.273. The third kappa shape index (κ3) is 4.08. The van der Waals surface area contributed by atoms with Gasteiger partial charge in [-0.2, -0.15) is 0 Å². The number of carbonyl (C=O) groups excluding carboxylic acids is 1. The van der Waals surface area contributed by atoms with Gasteiger partial charge in [0.15, 0.2) is 0 Å². The molecular formula is C26H23ClFN3O. The van der Waals surface area contributed by atoms with Gasteiger partial charge in [0.05, 0.1) is 0 Å². The lowest BCUT2D eigenvalue weighted by Gasteiger charge is -2.36. The minimum Gasteiger partial charge on any atom is -0.368 e. The fourth-order valence-electron chi connectivity index (χ4n) is 4.33. The molecule has 32 heavy (non-hydrogen) atoms. The van der Waals surface area contributed by atoms with Crippen molar-refractivity contribution in [1.82, 2.24) is 9.47 Å². The Labute approximate surface area is 191 Å². The quantitative estimate of drug-likeness (QED) is 0.416. The summed E-state index contributed by atoms with van der Waals surface area (Å²) in [5.41, 5.74) is 3.67. The maximum absolute atomic E-state index is 13.6. The van der Waals surface area contributed by atoms with Gasteiger partial charge in [-0.05, 0) is 54.1 Å². The normalized spacial score (nSPS) is 14.2. The molecule has 0 radical (unpaired) electrons. The molecule has 0 saturated carbocycles. The molecule has 1 amide bonds. The van der Waals surface area contributed by atoms with Crippen molar-refractivity contribution in [3.05, 3.63) is 101 Å². The van der Waals surface area contributed by atoms with Gasteiger partial charge in [0.1, 0.15) is 11.5 Å². The molecule has 1 saturated heterocycles. The molecule has 0 spiro atoms. The summed E-state index contributed by atoms with van der Waals surface area (Å²) in [6.07, 6.45) is 0. The first-order chi connectivity index (χ1) is 15.6. The highest BCUT2D eigenvalue weighted by Crippen LogP contribution is 2.26. The van der Waals surface area contributed by atoms with Crippen LogP contribution < -0.4 is 4.90 Å². The maximum Gasteiger partial charge on any atom is 0.270 e. The van der Waals surface area contributed by atoms with Crippen LogP contribution in [0.5, 0.6) is 0 Å². The molecule has 162 valence electrons. The summed E-state index contributed by atoms with van der Waals surface area (Å²) < 4.78 is 15.4. The topological polar surface area (TPSA) is 28.5 Å². The van der Waals surface area contributed by atoms with Crippen molar-refractivity contribution in [2.75, 3.05) is 31.1 Å². The number of anilines is 1. The van der Waals surface area contributed by atoms with E-state index in [2.05, 4.69) is 17.0 Å². The van der Waals surface area contributed by atoms with Crippen LogP contribution >= 0.6 is 11.6 Å². The smallest absolute Gasteiger partial charge is 0.270 e. The third-order valence-corrected chi connectivity index (χ3v) is 6.26. The van der Waals surface area contributed by atoms with E-state index in [1.54, 1.807) is 12.1 Å². The van der Waals surface area contributed by atoms with E-state index in [0.29, 0.717) is 30.4 Å². The molecule has 1 fully saturated rings. The van der Waals surface area contributed by atoms with E-state index in [9.17, 15) is 9.18 Å². The lowest BCUT2D eigenvalue weighted by molar-refractivity contribution is 0.0737. The average molecular weight is 448 g/mol. The molecule has 4 aromatic rings. The fourth-order valence-corrected chi connectivity index (χ4v) is 4.51. The monoisotopic (exact) mass is 447 g/mol. The van der Waals surface area contributed by atoms with Crippen LogP contribution in [-0.4, -0.2) is 41.6 Å². The predicted molar refractivity (Wildman–Crippen MR) is 127 cm³/mol. The van der Waals surface area contributed by atoms with E-state index < -0.39 is 0 Å². The van der Waals surface area contributed by atoms with E-state index in [1.807, 2.05) is 51.9 Å². The fraction of sp³-hybridized carbons (Fsp3) is 0.192. The van der Waals surface area contributed by atoms with Gasteiger partial charge < -0.3 is 14.4 Å². The Morgan fingerprint density at radius 3 is 2.31 bits per heavy atom. The molecule has 0 aliphatic carbocycles. The zero-order chi connectivity index (χ0) is 22.1. The third-order valence-electron chi connectivity index (χ3n) is 6.02. The van der Waals surface area contributed by atoms with Crippen LogP contribution in [-0.2, 0) is 6.54 Å². The van der Waals surface area contributed by atoms with Gasteiger partial charge in [-0.25, -0.2) is 4.39 Å². The van der Waals surface area contributed by atoms with E-state index in [1.165, 1.54) is 17.8 Å². The molecule has 2 heterocycles. The Morgan fingerprint density at radius 1 is 0.875 bits per heavy atom. The molecule has 5 rings (SSSR count). The number of nitrogens with zero attached hydrogens (tertiary/aromatic N) is 3. The molecule has 1 aromatic heterocycles. The van der Waals surface area contributed by atoms with Crippen LogP contribution in [0.2, 0.25) is 5.02 Å². The largest absolute Gasteiger partial charge is 0.368 e. The maximum atomic E-state index is 13.6. The molecule has 0 atom stereocenters. The molecule has 0 unspecified atom stereocenters. The van der Waals surface area contributed by atoms with Crippen LogP contribution in [0.3, 0.4) is 0 Å². The van der Waals surface area contributed by atoms with Crippen LogP contribution in [0.25, 0.3) is 10.9 Å². The van der Waals surface area contributed by atoms with Crippen LogP contribution in [0.4, 0.5) is 10.1 Å². The minimum absolute atomic E-state index is 0.00662. The summed E-state index contributed by atoms with van der Waals surface area (Å²) in [6.45, 7) is 3.38. The number of piperazine rings is 1. The van der Waals surface area contributed by atoms with Crippen LogP contribution in [0.1, 0.15) is 16.1 Å². The zero-order valence-electron chi connectivity index (χ0n) is 17.5. The highest BCUT2D eigenvalue weighted by atomic mass is 35.5. The Bertz CT molecular complexity index is 1250. The van der Waals surface area contributed by atoms with Gasteiger partial charge in [-0.15, -0.1) is 0 Å². The zero-order valence-corrected chi connectivity index (χ0v) is 18.3. The number of rotatable bonds is 4. The molecule has 4 nitrogen and oxygen atoms in total. The van der Waals surface area contributed by atoms with Gasteiger partial charge in [-0.3, -0.25) is 4.79 Å². The van der Waals surface area contributed by atoms with E-state index >= 15 is 0 Å². The summed E-state index contributed by atoms with van der Waals surface area (Å²) in [7, 11) is 0. The number of halogens is 2. The Kier molecular flexibility index (Phi) is 5.58. The second kappa shape index (κ2) is 8.67. The number of amides is 1. The number of aromatic nitrogens is 1. The SMILES string of the molecule is O=C(c1cc2cc(Cl)ccc2n1Cc1ccc(F)cc1)N1CCN(c2ccccc2)CC1. The molecule has 3 aromatic carbocycles. The molecule has 0 N–H and O–H groups in total. The van der Waals surface area contributed by atoms with Crippen molar-refractivity contribution in [3.8, 4) is 0 Å². The van der Waals surface area contributed by atoms with Gasteiger partial charge >= 0.3 is 0 Å². The highest BCUT2D eigenvalue weighted by Gasteiger charge is 2.25. The number of para-hydroxylation sites is 1. The van der Waals surface area contributed by atoms with Crippen molar-refractivity contribution in [2.24, 2.45) is 0 Å². The summed E-state index contributed by atoms with van der Waals surface area (Å²) in [5, 5.41) is 1.55. The number of fused-ring (bicyclic) bond motifs is 1. The summed E-state index contributed by atoms with van der Waals surface area (Å²) >= 11 is 6.21. The van der Waals surface area contributed by atoms with Gasteiger partial charge in [0, 0.05) is 54.3 Å². The molecular weight excluding hydrogens is 425 g/mol.